The molecule has 3 aromatic carbocycles. The van der Waals surface area contributed by atoms with Crippen LogP contribution in [0.1, 0.15) is 54.4 Å². The Morgan fingerprint density at radius 2 is 1.51 bits per heavy atom. The summed E-state index contributed by atoms with van der Waals surface area (Å²) in [5.74, 6) is -1.74. The SMILES string of the molecule is C=CCCC[C@H](Cc1ccccc1)C(=O)OC[C@H](Cc1ccccc1)NC(=O)[C@H](CC=C)CC(=O)N1Cc2ccccc2C[C@H]1CO. The lowest BCUT2D eigenvalue weighted by atomic mass is 9.92. The maximum atomic E-state index is 13.8. The number of benzene rings is 3. The van der Waals surface area contributed by atoms with E-state index in [2.05, 4.69) is 18.5 Å². The van der Waals surface area contributed by atoms with E-state index >= 15 is 0 Å². The monoisotopic (exact) mass is 636 g/mol. The standard InChI is InChI=1S/C40H48N2O5/c1-3-5-8-21-34(23-30-16-9-6-10-17-30)40(46)47-29-36(24-31-18-11-7-12-19-31)41-39(45)33(15-4-2)26-38(44)42-27-35-22-14-13-20-32(35)25-37(42)28-43/h3-4,6-7,9-14,16-20,22,33-34,36-37,43H,1-2,5,8,15,21,23-29H2,(H,41,45)/t33-,34-,36+,37+/m1/s1. The fourth-order valence-corrected chi connectivity index (χ4v) is 6.24. The molecule has 0 radical (unpaired) electrons. The Morgan fingerprint density at radius 1 is 0.872 bits per heavy atom. The van der Waals surface area contributed by atoms with Gasteiger partial charge in [0.25, 0.3) is 0 Å². The van der Waals surface area contributed by atoms with E-state index in [-0.39, 0.29) is 49.4 Å². The van der Waals surface area contributed by atoms with E-state index in [0.717, 1.165) is 35.1 Å². The van der Waals surface area contributed by atoms with Gasteiger partial charge in [-0.15, -0.1) is 13.2 Å². The van der Waals surface area contributed by atoms with E-state index in [4.69, 9.17) is 4.74 Å². The van der Waals surface area contributed by atoms with Crippen LogP contribution in [0.15, 0.2) is 110 Å². The fourth-order valence-electron chi connectivity index (χ4n) is 6.24. The molecule has 248 valence electrons. The molecule has 4 rings (SSSR count). The third-order valence-electron chi connectivity index (χ3n) is 8.85. The first-order chi connectivity index (χ1) is 22.9. The number of amides is 2. The van der Waals surface area contributed by atoms with Gasteiger partial charge < -0.3 is 20.1 Å². The van der Waals surface area contributed by atoms with Gasteiger partial charge in [0, 0.05) is 13.0 Å². The van der Waals surface area contributed by atoms with Gasteiger partial charge in [-0.05, 0) is 67.2 Å². The molecule has 1 aliphatic heterocycles. The van der Waals surface area contributed by atoms with E-state index in [9.17, 15) is 19.5 Å². The number of unbranched alkanes of at least 4 members (excludes halogenated alkanes) is 1. The summed E-state index contributed by atoms with van der Waals surface area (Å²) >= 11 is 0. The van der Waals surface area contributed by atoms with Crippen molar-refractivity contribution in [1.82, 2.24) is 10.2 Å². The average molecular weight is 637 g/mol. The molecule has 0 bridgehead atoms. The van der Waals surface area contributed by atoms with Gasteiger partial charge in [0.1, 0.15) is 6.61 Å². The van der Waals surface area contributed by atoms with Gasteiger partial charge in [0.2, 0.25) is 11.8 Å². The molecule has 0 unspecified atom stereocenters. The Kier molecular flexibility index (Phi) is 14.0. The molecule has 0 spiro atoms. The van der Waals surface area contributed by atoms with Crippen molar-refractivity contribution < 1.29 is 24.2 Å². The first-order valence-electron chi connectivity index (χ1n) is 16.7. The Labute approximate surface area is 279 Å². The molecule has 7 nitrogen and oxygen atoms in total. The molecular weight excluding hydrogens is 588 g/mol. The van der Waals surface area contributed by atoms with Crippen LogP contribution in [0.3, 0.4) is 0 Å². The van der Waals surface area contributed by atoms with E-state index in [1.54, 1.807) is 11.0 Å². The number of hydrogen-bond donors (Lipinski definition) is 2. The van der Waals surface area contributed by atoms with Crippen LogP contribution in [0.2, 0.25) is 0 Å². The molecule has 2 amide bonds. The van der Waals surface area contributed by atoms with Crippen LogP contribution in [0.5, 0.6) is 0 Å². The molecule has 1 aliphatic rings. The van der Waals surface area contributed by atoms with Crippen molar-refractivity contribution in [2.75, 3.05) is 13.2 Å². The predicted octanol–water partition coefficient (Wildman–Crippen LogP) is 6.00. The van der Waals surface area contributed by atoms with Gasteiger partial charge in [0.05, 0.1) is 30.5 Å². The molecule has 0 aliphatic carbocycles. The summed E-state index contributed by atoms with van der Waals surface area (Å²) in [7, 11) is 0. The van der Waals surface area contributed by atoms with Gasteiger partial charge in [0.15, 0.2) is 0 Å². The Morgan fingerprint density at radius 3 is 2.15 bits per heavy atom. The molecule has 1 heterocycles. The Hall–Kier alpha value is -4.49. The minimum atomic E-state index is -0.657. The normalized spacial score (nSPS) is 15.9. The van der Waals surface area contributed by atoms with Crippen LogP contribution < -0.4 is 5.32 Å². The zero-order valence-electron chi connectivity index (χ0n) is 27.3. The summed E-state index contributed by atoms with van der Waals surface area (Å²) in [6, 6.07) is 26.7. The number of carbonyl (C=O) groups is 3. The summed E-state index contributed by atoms with van der Waals surface area (Å²) in [5, 5.41) is 13.2. The van der Waals surface area contributed by atoms with Gasteiger partial charge in [-0.3, -0.25) is 14.4 Å². The molecule has 47 heavy (non-hydrogen) atoms. The molecule has 0 saturated carbocycles. The Balaban J connectivity index is 1.44. The van der Waals surface area contributed by atoms with Crippen LogP contribution >= 0.6 is 0 Å². The molecule has 0 aromatic heterocycles. The second kappa shape index (κ2) is 18.6. The second-order valence-electron chi connectivity index (χ2n) is 12.4. The van der Waals surface area contributed by atoms with Crippen LogP contribution in [0, 0.1) is 11.8 Å². The smallest absolute Gasteiger partial charge is 0.309 e. The number of rotatable bonds is 18. The highest BCUT2D eigenvalue weighted by atomic mass is 16.5. The zero-order valence-corrected chi connectivity index (χ0v) is 27.3. The van der Waals surface area contributed by atoms with Crippen LogP contribution in [-0.4, -0.2) is 53.1 Å². The van der Waals surface area contributed by atoms with Crippen LogP contribution in [-0.2, 0) is 44.9 Å². The predicted molar refractivity (Wildman–Crippen MR) is 185 cm³/mol. The third-order valence-corrected chi connectivity index (χ3v) is 8.85. The summed E-state index contributed by atoms with van der Waals surface area (Å²) in [6.45, 7) is 7.89. The maximum Gasteiger partial charge on any atom is 0.309 e. The van der Waals surface area contributed by atoms with Crippen molar-refractivity contribution in [3.63, 3.8) is 0 Å². The van der Waals surface area contributed by atoms with Crippen molar-refractivity contribution in [3.05, 3.63) is 132 Å². The number of nitrogens with one attached hydrogen (secondary N) is 1. The van der Waals surface area contributed by atoms with Gasteiger partial charge in [-0.1, -0.05) is 97.1 Å². The summed E-state index contributed by atoms with van der Waals surface area (Å²) in [5.41, 5.74) is 4.24. The van der Waals surface area contributed by atoms with Gasteiger partial charge >= 0.3 is 5.97 Å². The first kappa shape index (κ1) is 35.4. The van der Waals surface area contributed by atoms with Crippen molar-refractivity contribution in [2.45, 2.75) is 70.0 Å². The molecule has 7 heteroatoms. The lowest BCUT2D eigenvalue weighted by molar-refractivity contribution is -0.150. The molecule has 3 aromatic rings. The number of allylic oxidation sites excluding steroid dienone is 2. The summed E-state index contributed by atoms with van der Waals surface area (Å²) < 4.78 is 5.92. The van der Waals surface area contributed by atoms with E-state index in [0.29, 0.717) is 38.6 Å². The van der Waals surface area contributed by atoms with Gasteiger partial charge in [-0.25, -0.2) is 0 Å². The minimum Gasteiger partial charge on any atom is -0.463 e. The quantitative estimate of drug-likeness (QED) is 0.101. The highest BCUT2D eigenvalue weighted by Crippen LogP contribution is 2.25. The maximum absolute atomic E-state index is 13.8. The van der Waals surface area contributed by atoms with Crippen molar-refractivity contribution in [3.8, 4) is 0 Å². The highest BCUT2D eigenvalue weighted by Gasteiger charge is 2.32. The fraction of sp³-hybridized carbons (Fsp3) is 0.375. The molecular formula is C40H48N2O5. The van der Waals surface area contributed by atoms with Crippen LogP contribution in [0.4, 0.5) is 0 Å². The third kappa shape index (κ3) is 10.8. The van der Waals surface area contributed by atoms with E-state index < -0.39 is 12.0 Å². The first-order valence-corrected chi connectivity index (χ1v) is 16.7. The lowest BCUT2D eigenvalue weighted by Crippen LogP contribution is -2.48. The minimum absolute atomic E-state index is 0.0104. The average Bonchev–Trinajstić information content (AvgIpc) is 3.10. The largest absolute Gasteiger partial charge is 0.463 e. The molecule has 0 fully saturated rings. The molecule has 4 atom stereocenters. The van der Waals surface area contributed by atoms with Crippen molar-refractivity contribution in [2.24, 2.45) is 11.8 Å². The second-order valence-corrected chi connectivity index (χ2v) is 12.4. The number of nitrogens with zero attached hydrogens (tertiary/aromatic N) is 1. The van der Waals surface area contributed by atoms with E-state index in [1.807, 2.05) is 91.0 Å². The number of aliphatic hydroxyl groups excluding tert-OH is 1. The van der Waals surface area contributed by atoms with Crippen molar-refractivity contribution in [1.29, 1.82) is 0 Å². The number of ether oxygens (including phenoxy) is 1. The number of hydrogen-bond acceptors (Lipinski definition) is 5. The van der Waals surface area contributed by atoms with Crippen LogP contribution in [0.25, 0.3) is 0 Å². The Bertz CT molecular complexity index is 1460. The topological polar surface area (TPSA) is 95.9 Å². The number of esters is 1. The zero-order chi connectivity index (χ0) is 33.4. The number of fused-ring (bicyclic) bond motifs is 1. The van der Waals surface area contributed by atoms with Crippen molar-refractivity contribution >= 4 is 17.8 Å². The van der Waals surface area contributed by atoms with Gasteiger partial charge in [-0.2, -0.15) is 0 Å². The summed E-state index contributed by atoms with van der Waals surface area (Å²) in [4.78, 5) is 42.5. The molecule has 2 N–H and O–H groups in total. The summed E-state index contributed by atoms with van der Waals surface area (Å²) in [6.07, 6.45) is 7.73. The number of carbonyl (C=O) groups excluding carboxylic acids is 3. The van der Waals surface area contributed by atoms with E-state index in [1.165, 1.54) is 0 Å². The highest BCUT2D eigenvalue weighted by molar-refractivity contribution is 5.86. The lowest BCUT2D eigenvalue weighted by Gasteiger charge is -2.36. The molecule has 0 saturated heterocycles. The number of aliphatic hydroxyl groups is 1.